The number of anilines is 1. The quantitative estimate of drug-likeness (QED) is 0.669. The first-order valence-electron chi connectivity index (χ1n) is 9.33. The second-order valence-electron chi connectivity index (χ2n) is 7.17. The van der Waals surface area contributed by atoms with Crippen LogP contribution in [0.15, 0.2) is 60.9 Å². The van der Waals surface area contributed by atoms with E-state index in [1.807, 2.05) is 32.9 Å². The van der Waals surface area contributed by atoms with Crippen LogP contribution in [0.5, 0.6) is 0 Å². The van der Waals surface area contributed by atoms with Crippen molar-refractivity contribution >= 4 is 17.5 Å². The molecule has 2 N–H and O–H groups in total. The second-order valence-corrected chi connectivity index (χ2v) is 7.17. The van der Waals surface area contributed by atoms with Gasteiger partial charge >= 0.3 is 0 Å². The molecular weight excluding hydrogens is 371 g/mol. The van der Waals surface area contributed by atoms with Crippen LogP contribution in [0.2, 0.25) is 0 Å². The molecule has 0 saturated heterocycles. The molecule has 0 fully saturated rings. The molecule has 7 heteroatoms. The Morgan fingerprint density at radius 2 is 1.83 bits per heavy atom. The van der Waals surface area contributed by atoms with Crippen molar-refractivity contribution in [2.24, 2.45) is 5.92 Å². The van der Waals surface area contributed by atoms with Gasteiger partial charge in [0.1, 0.15) is 11.7 Å². The Morgan fingerprint density at radius 3 is 2.41 bits per heavy atom. The fraction of sp³-hybridized carbons (Fsp3) is 0.227. The fourth-order valence-electron chi connectivity index (χ4n) is 2.87. The van der Waals surface area contributed by atoms with E-state index in [1.165, 1.54) is 16.8 Å². The molecule has 29 heavy (non-hydrogen) atoms. The van der Waals surface area contributed by atoms with Gasteiger partial charge in [-0.15, -0.1) is 0 Å². The maximum absolute atomic E-state index is 14.4. The van der Waals surface area contributed by atoms with Gasteiger partial charge in [0.15, 0.2) is 5.82 Å². The number of rotatable bonds is 6. The smallest absolute Gasteiger partial charge is 0.251 e. The molecule has 3 rings (SSSR count). The van der Waals surface area contributed by atoms with E-state index >= 15 is 0 Å². The van der Waals surface area contributed by atoms with Crippen molar-refractivity contribution in [2.45, 2.75) is 26.8 Å². The highest BCUT2D eigenvalue weighted by atomic mass is 19.1. The monoisotopic (exact) mass is 394 g/mol. The van der Waals surface area contributed by atoms with Crippen molar-refractivity contribution in [1.82, 2.24) is 15.1 Å². The topological polar surface area (TPSA) is 76.0 Å². The summed E-state index contributed by atoms with van der Waals surface area (Å²) in [6.07, 6.45) is 3.19. The van der Waals surface area contributed by atoms with Crippen LogP contribution in [-0.4, -0.2) is 27.6 Å². The molecule has 0 saturated carbocycles. The Bertz CT molecular complexity index is 998. The van der Waals surface area contributed by atoms with Crippen LogP contribution >= 0.6 is 0 Å². The van der Waals surface area contributed by atoms with Crippen LogP contribution < -0.4 is 10.6 Å². The minimum Gasteiger partial charge on any atom is -0.340 e. The Hall–Kier alpha value is -3.48. The molecule has 0 aliphatic heterocycles. The molecule has 3 aromatic rings. The van der Waals surface area contributed by atoms with E-state index < -0.39 is 17.8 Å². The van der Waals surface area contributed by atoms with E-state index in [2.05, 4.69) is 15.7 Å². The van der Waals surface area contributed by atoms with E-state index in [4.69, 9.17) is 0 Å². The molecule has 1 atom stereocenters. The third kappa shape index (κ3) is 4.87. The molecule has 150 valence electrons. The molecule has 1 unspecified atom stereocenters. The molecule has 2 aromatic carbocycles. The average Bonchev–Trinajstić information content (AvgIpc) is 3.20. The zero-order valence-corrected chi connectivity index (χ0v) is 16.5. The van der Waals surface area contributed by atoms with Gasteiger partial charge in [-0.2, -0.15) is 5.10 Å². The summed E-state index contributed by atoms with van der Waals surface area (Å²) >= 11 is 0. The highest BCUT2D eigenvalue weighted by molar-refractivity contribution is 6.01. The van der Waals surface area contributed by atoms with Gasteiger partial charge in [0.25, 0.3) is 5.91 Å². The molecule has 0 bridgehead atoms. The van der Waals surface area contributed by atoms with Crippen molar-refractivity contribution in [2.75, 3.05) is 5.32 Å². The molecule has 0 aliphatic rings. The summed E-state index contributed by atoms with van der Waals surface area (Å²) in [5.41, 5.74) is 2.10. The lowest BCUT2D eigenvalue weighted by molar-refractivity contribution is -0.118. The SMILES string of the molecule is Cc1ccc(C(=O)NC(C(=O)Nc2ccc(-n3cccn3)c(F)c2)C(C)C)cc1. The first kappa shape index (κ1) is 20.3. The maximum Gasteiger partial charge on any atom is 0.251 e. The van der Waals surface area contributed by atoms with Crippen molar-refractivity contribution in [3.8, 4) is 5.69 Å². The second kappa shape index (κ2) is 8.68. The number of carbonyl (C=O) groups excluding carboxylic acids is 2. The van der Waals surface area contributed by atoms with Gasteiger partial charge in [0.2, 0.25) is 5.91 Å². The number of hydrogen-bond acceptors (Lipinski definition) is 3. The Morgan fingerprint density at radius 1 is 1.10 bits per heavy atom. The first-order chi connectivity index (χ1) is 13.8. The minimum atomic E-state index is -0.766. The predicted octanol–water partition coefficient (Wildman–Crippen LogP) is 3.71. The van der Waals surface area contributed by atoms with Gasteiger partial charge < -0.3 is 10.6 Å². The van der Waals surface area contributed by atoms with Crippen molar-refractivity contribution in [1.29, 1.82) is 0 Å². The summed E-state index contributed by atoms with van der Waals surface area (Å²) in [6, 6.07) is 12.4. The van der Waals surface area contributed by atoms with Crippen molar-refractivity contribution in [3.63, 3.8) is 0 Å². The number of benzene rings is 2. The number of nitrogens with one attached hydrogen (secondary N) is 2. The van der Waals surface area contributed by atoms with Gasteiger partial charge in [-0.3, -0.25) is 9.59 Å². The molecule has 0 spiro atoms. The summed E-state index contributed by atoms with van der Waals surface area (Å²) in [7, 11) is 0. The molecule has 0 aliphatic carbocycles. The number of aryl methyl sites for hydroxylation is 1. The summed E-state index contributed by atoms with van der Waals surface area (Å²) in [6.45, 7) is 5.60. The van der Waals surface area contributed by atoms with E-state index in [1.54, 1.807) is 36.7 Å². The molecule has 6 nitrogen and oxygen atoms in total. The van der Waals surface area contributed by atoms with E-state index in [9.17, 15) is 14.0 Å². The lowest BCUT2D eigenvalue weighted by Crippen LogP contribution is -2.47. The number of nitrogens with zero attached hydrogens (tertiary/aromatic N) is 2. The Labute approximate surface area is 168 Å². The fourth-order valence-corrected chi connectivity index (χ4v) is 2.87. The maximum atomic E-state index is 14.4. The molecular formula is C22H23FN4O2. The lowest BCUT2D eigenvalue weighted by atomic mass is 10.0. The number of carbonyl (C=O) groups is 2. The standard InChI is InChI=1S/C22H23FN4O2/c1-14(2)20(26-21(28)16-7-5-15(3)6-8-16)22(29)25-17-9-10-19(18(23)13-17)27-12-4-11-24-27/h4-14,20H,1-3H3,(H,25,29)(H,26,28). The highest BCUT2D eigenvalue weighted by Gasteiger charge is 2.25. The van der Waals surface area contributed by atoms with Crippen LogP contribution in [-0.2, 0) is 4.79 Å². The third-order valence-electron chi connectivity index (χ3n) is 4.52. The average molecular weight is 394 g/mol. The summed E-state index contributed by atoms with van der Waals surface area (Å²) < 4.78 is 15.8. The number of hydrogen-bond donors (Lipinski definition) is 2. The molecule has 0 radical (unpaired) electrons. The van der Waals surface area contributed by atoms with Crippen LogP contribution in [0.1, 0.15) is 29.8 Å². The molecule has 1 heterocycles. The number of amides is 2. The van der Waals surface area contributed by atoms with Crippen LogP contribution in [0, 0.1) is 18.7 Å². The Balaban J connectivity index is 1.72. The third-order valence-corrected chi connectivity index (χ3v) is 4.52. The summed E-state index contributed by atoms with van der Waals surface area (Å²) in [4.78, 5) is 25.2. The van der Waals surface area contributed by atoms with E-state index in [0.717, 1.165) is 5.56 Å². The first-order valence-corrected chi connectivity index (χ1v) is 9.33. The number of aromatic nitrogens is 2. The van der Waals surface area contributed by atoms with Crippen molar-refractivity contribution < 1.29 is 14.0 Å². The van der Waals surface area contributed by atoms with Crippen LogP contribution in [0.3, 0.4) is 0 Å². The van der Waals surface area contributed by atoms with E-state index in [0.29, 0.717) is 11.3 Å². The minimum absolute atomic E-state index is 0.155. The van der Waals surface area contributed by atoms with Crippen molar-refractivity contribution in [3.05, 3.63) is 77.9 Å². The molecule has 2 amide bonds. The zero-order chi connectivity index (χ0) is 21.0. The lowest BCUT2D eigenvalue weighted by Gasteiger charge is -2.22. The summed E-state index contributed by atoms with van der Waals surface area (Å²) in [5, 5.41) is 9.44. The van der Waals surface area contributed by atoms with Gasteiger partial charge in [-0.05, 0) is 49.2 Å². The molecule has 1 aromatic heterocycles. The largest absolute Gasteiger partial charge is 0.340 e. The van der Waals surface area contributed by atoms with Gasteiger partial charge in [0.05, 0.1) is 0 Å². The number of halogens is 1. The van der Waals surface area contributed by atoms with Gasteiger partial charge in [-0.25, -0.2) is 9.07 Å². The highest BCUT2D eigenvalue weighted by Crippen LogP contribution is 2.18. The Kier molecular flexibility index (Phi) is 6.07. The van der Waals surface area contributed by atoms with E-state index in [-0.39, 0.29) is 17.5 Å². The van der Waals surface area contributed by atoms with Gasteiger partial charge in [-0.1, -0.05) is 31.5 Å². The van der Waals surface area contributed by atoms with Crippen LogP contribution in [0.25, 0.3) is 5.69 Å². The zero-order valence-electron chi connectivity index (χ0n) is 16.5. The predicted molar refractivity (Wildman–Crippen MR) is 109 cm³/mol. The van der Waals surface area contributed by atoms with Crippen LogP contribution in [0.4, 0.5) is 10.1 Å². The summed E-state index contributed by atoms with van der Waals surface area (Å²) in [5.74, 6) is -1.42. The normalized spacial score (nSPS) is 11.9. The van der Waals surface area contributed by atoms with Gasteiger partial charge in [0, 0.05) is 23.6 Å².